The minimum Gasteiger partial charge on any atom is -0.477 e. The summed E-state index contributed by atoms with van der Waals surface area (Å²) in [6.07, 6.45) is 1.57. The SMILES string of the molecule is CC(C)N1CCN(Cc2ccnc(C(=O)O)c2)CC1. The van der Waals surface area contributed by atoms with Gasteiger partial charge in [0.2, 0.25) is 0 Å². The number of carboxylic acid groups (broad SMARTS) is 1. The van der Waals surface area contributed by atoms with E-state index in [9.17, 15) is 4.79 Å². The van der Waals surface area contributed by atoms with Crippen molar-refractivity contribution in [3.8, 4) is 0 Å². The molecule has 1 N–H and O–H groups in total. The highest BCUT2D eigenvalue weighted by Gasteiger charge is 2.19. The Balaban J connectivity index is 1.92. The second-order valence-electron chi connectivity index (χ2n) is 5.26. The fourth-order valence-corrected chi connectivity index (χ4v) is 2.39. The lowest BCUT2D eigenvalue weighted by Gasteiger charge is -2.36. The molecule has 0 radical (unpaired) electrons. The number of hydrogen-bond acceptors (Lipinski definition) is 4. The maximum atomic E-state index is 10.9. The molecular formula is C14H21N3O2. The zero-order chi connectivity index (χ0) is 13.8. The van der Waals surface area contributed by atoms with E-state index in [1.807, 2.05) is 6.07 Å². The first-order valence-corrected chi connectivity index (χ1v) is 6.71. The lowest BCUT2D eigenvalue weighted by atomic mass is 10.2. The van der Waals surface area contributed by atoms with E-state index in [4.69, 9.17) is 5.11 Å². The van der Waals surface area contributed by atoms with Crippen molar-refractivity contribution < 1.29 is 9.90 Å². The van der Waals surface area contributed by atoms with E-state index in [1.54, 1.807) is 12.3 Å². The Bertz CT molecular complexity index is 440. The number of aromatic carboxylic acids is 1. The standard InChI is InChI=1S/C14H21N3O2/c1-11(2)17-7-5-16(6-8-17)10-12-3-4-15-13(9-12)14(18)19/h3-4,9,11H,5-8,10H2,1-2H3,(H,18,19). The van der Waals surface area contributed by atoms with E-state index in [0.717, 1.165) is 38.3 Å². The second-order valence-corrected chi connectivity index (χ2v) is 5.26. The Morgan fingerprint density at radius 2 is 2.05 bits per heavy atom. The van der Waals surface area contributed by atoms with Crippen LogP contribution in [0.4, 0.5) is 0 Å². The molecule has 0 aromatic carbocycles. The normalized spacial score (nSPS) is 17.8. The largest absolute Gasteiger partial charge is 0.477 e. The first kappa shape index (κ1) is 14.0. The van der Waals surface area contributed by atoms with Crippen LogP contribution in [0.1, 0.15) is 29.9 Å². The van der Waals surface area contributed by atoms with Gasteiger partial charge in [-0.05, 0) is 31.5 Å². The Morgan fingerprint density at radius 1 is 1.37 bits per heavy atom. The van der Waals surface area contributed by atoms with Gasteiger partial charge in [-0.3, -0.25) is 9.80 Å². The van der Waals surface area contributed by atoms with Gasteiger partial charge in [0.15, 0.2) is 0 Å². The minimum absolute atomic E-state index is 0.123. The Morgan fingerprint density at radius 3 is 2.63 bits per heavy atom. The van der Waals surface area contributed by atoms with Crippen LogP contribution in [0.15, 0.2) is 18.3 Å². The summed E-state index contributed by atoms with van der Waals surface area (Å²) in [7, 11) is 0. The predicted molar refractivity (Wildman–Crippen MR) is 73.2 cm³/mol. The Kier molecular flexibility index (Phi) is 4.50. The van der Waals surface area contributed by atoms with Gasteiger partial charge in [0.1, 0.15) is 5.69 Å². The van der Waals surface area contributed by atoms with Gasteiger partial charge < -0.3 is 5.11 Å². The number of carboxylic acids is 1. The fraction of sp³-hybridized carbons (Fsp3) is 0.571. The molecular weight excluding hydrogens is 242 g/mol. The van der Waals surface area contributed by atoms with E-state index < -0.39 is 5.97 Å². The highest BCUT2D eigenvalue weighted by molar-refractivity contribution is 5.85. The van der Waals surface area contributed by atoms with Crippen molar-refractivity contribution in [2.45, 2.75) is 26.4 Å². The third-order valence-electron chi connectivity index (χ3n) is 3.59. The molecule has 0 spiro atoms. The van der Waals surface area contributed by atoms with Gasteiger partial charge in [-0.25, -0.2) is 9.78 Å². The number of nitrogens with zero attached hydrogens (tertiary/aromatic N) is 3. The van der Waals surface area contributed by atoms with Gasteiger partial charge in [-0.1, -0.05) is 0 Å². The molecule has 1 saturated heterocycles. The maximum Gasteiger partial charge on any atom is 0.354 e. The highest BCUT2D eigenvalue weighted by Crippen LogP contribution is 2.11. The zero-order valence-corrected chi connectivity index (χ0v) is 11.5. The van der Waals surface area contributed by atoms with Crippen LogP contribution in [0.2, 0.25) is 0 Å². The molecule has 1 fully saturated rings. The quantitative estimate of drug-likeness (QED) is 0.887. The molecule has 1 aromatic heterocycles. The molecule has 104 valence electrons. The van der Waals surface area contributed by atoms with Gasteiger partial charge in [0.05, 0.1) is 0 Å². The number of rotatable bonds is 4. The van der Waals surface area contributed by atoms with E-state index in [1.165, 1.54) is 0 Å². The number of pyridine rings is 1. The summed E-state index contributed by atoms with van der Waals surface area (Å²) in [4.78, 5) is 19.5. The molecule has 1 aliphatic heterocycles. The minimum atomic E-state index is -0.966. The number of carbonyl (C=O) groups is 1. The van der Waals surface area contributed by atoms with Gasteiger partial charge in [-0.2, -0.15) is 0 Å². The molecule has 0 amide bonds. The molecule has 0 unspecified atom stereocenters. The molecule has 0 atom stereocenters. The molecule has 0 aliphatic carbocycles. The maximum absolute atomic E-state index is 10.9. The lowest BCUT2D eigenvalue weighted by Crippen LogP contribution is -2.48. The van der Waals surface area contributed by atoms with E-state index >= 15 is 0 Å². The summed E-state index contributed by atoms with van der Waals surface area (Å²) in [5.41, 5.74) is 1.14. The molecule has 1 aliphatic rings. The van der Waals surface area contributed by atoms with Crippen LogP contribution in [0.3, 0.4) is 0 Å². The molecule has 5 heteroatoms. The summed E-state index contributed by atoms with van der Waals surface area (Å²) < 4.78 is 0. The first-order chi connectivity index (χ1) is 9.06. The van der Waals surface area contributed by atoms with E-state index in [0.29, 0.717) is 6.04 Å². The average Bonchev–Trinajstić information content (AvgIpc) is 2.39. The van der Waals surface area contributed by atoms with Crippen LogP contribution < -0.4 is 0 Å². The van der Waals surface area contributed by atoms with Gasteiger partial charge in [0.25, 0.3) is 0 Å². The highest BCUT2D eigenvalue weighted by atomic mass is 16.4. The summed E-state index contributed by atoms with van der Waals surface area (Å²) in [5.74, 6) is -0.966. The molecule has 2 rings (SSSR count). The third kappa shape index (κ3) is 3.75. The lowest BCUT2D eigenvalue weighted by molar-refractivity contribution is 0.0690. The molecule has 19 heavy (non-hydrogen) atoms. The van der Waals surface area contributed by atoms with E-state index in [-0.39, 0.29) is 5.69 Å². The third-order valence-corrected chi connectivity index (χ3v) is 3.59. The summed E-state index contributed by atoms with van der Waals surface area (Å²) in [5, 5.41) is 8.93. The fourth-order valence-electron chi connectivity index (χ4n) is 2.39. The summed E-state index contributed by atoms with van der Waals surface area (Å²) >= 11 is 0. The van der Waals surface area contributed by atoms with Gasteiger partial charge >= 0.3 is 5.97 Å². The summed E-state index contributed by atoms with van der Waals surface area (Å²) in [6, 6.07) is 4.15. The van der Waals surface area contributed by atoms with Crippen molar-refractivity contribution in [1.29, 1.82) is 0 Å². The molecule has 5 nitrogen and oxygen atoms in total. The predicted octanol–water partition coefficient (Wildman–Crippen LogP) is 1.31. The van der Waals surface area contributed by atoms with Gasteiger partial charge in [-0.15, -0.1) is 0 Å². The van der Waals surface area contributed by atoms with Crippen molar-refractivity contribution in [2.75, 3.05) is 26.2 Å². The molecule has 0 bridgehead atoms. The van der Waals surface area contributed by atoms with Crippen molar-refractivity contribution in [3.63, 3.8) is 0 Å². The van der Waals surface area contributed by atoms with Crippen molar-refractivity contribution >= 4 is 5.97 Å². The van der Waals surface area contributed by atoms with Crippen molar-refractivity contribution in [2.24, 2.45) is 0 Å². The molecule has 2 heterocycles. The number of hydrogen-bond donors (Lipinski definition) is 1. The van der Waals surface area contributed by atoms with Crippen LogP contribution in [-0.2, 0) is 6.54 Å². The van der Waals surface area contributed by atoms with E-state index in [2.05, 4.69) is 28.6 Å². The summed E-state index contributed by atoms with van der Waals surface area (Å²) in [6.45, 7) is 9.46. The first-order valence-electron chi connectivity index (χ1n) is 6.71. The van der Waals surface area contributed by atoms with Crippen LogP contribution in [0.5, 0.6) is 0 Å². The average molecular weight is 263 g/mol. The second kappa shape index (κ2) is 6.12. The number of piperazine rings is 1. The number of aromatic nitrogens is 1. The van der Waals surface area contributed by atoms with Crippen molar-refractivity contribution in [1.82, 2.24) is 14.8 Å². The monoisotopic (exact) mass is 263 g/mol. The molecule has 1 aromatic rings. The van der Waals surface area contributed by atoms with Gasteiger partial charge in [0, 0.05) is 45.0 Å². The van der Waals surface area contributed by atoms with Crippen molar-refractivity contribution in [3.05, 3.63) is 29.6 Å². The Labute approximate surface area is 113 Å². The van der Waals surface area contributed by atoms with Crippen LogP contribution in [0.25, 0.3) is 0 Å². The topological polar surface area (TPSA) is 56.7 Å². The smallest absolute Gasteiger partial charge is 0.354 e. The molecule has 0 saturated carbocycles. The zero-order valence-electron chi connectivity index (χ0n) is 11.5. The van der Waals surface area contributed by atoms with Crippen LogP contribution >= 0.6 is 0 Å². The van der Waals surface area contributed by atoms with Crippen LogP contribution in [-0.4, -0.2) is 58.1 Å². The Hall–Kier alpha value is -1.46. The van der Waals surface area contributed by atoms with Crippen LogP contribution in [0, 0.1) is 0 Å².